The van der Waals surface area contributed by atoms with Gasteiger partial charge in [-0.05, 0) is 60.6 Å². The van der Waals surface area contributed by atoms with Gasteiger partial charge in [0.25, 0.3) is 5.91 Å². The molecular weight excluding hydrogens is 493 g/mol. The topological polar surface area (TPSA) is 76.1 Å². The van der Waals surface area contributed by atoms with E-state index in [9.17, 15) is 14.5 Å². The Kier molecular flexibility index (Phi) is 8.51. The summed E-state index contributed by atoms with van der Waals surface area (Å²) in [6.45, 7) is 16.3. The standard InChI is InChI=1S/C28H38NO5PS/c1-9-33-35(32,34-10-2)18-29-22-13-11-12-14-23(22)36-24(26(29)31)17-19-15-20(27(3,4)5)25(30)21(16-19)28(6,7)8/h11-17,30H,9-10,18H2,1-8H3/b24-17-. The number of carbonyl (C=O) groups excluding carboxylic acids is 1. The van der Waals surface area contributed by atoms with Crippen molar-refractivity contribution in [3.63, 3.8) is 0 Å². The van der Waals surface area contributed by atoms with Crippen LogP contribution in [0.1, 0.15) is 72.1 Å². The van der Waals surface area contributed by atoms with Crippen LogP contribution in [-0.2, 0) is 29.2 Å². The monoisotopic (exact) mass is 531 g/mol. The van der Waals surface area contributed by atoms with Crippen molar-refractivity contribution in [1.29, 1.82) is 0 Å². The lowest BCUT2D eigenvalue weighted by Crippen LogP contribution is -2.35. The summed E-state index contributed by atoms with van der Waals surface area (Å²) in [4.78, 5) is 16.6. The number of rotatable bonds is 7. The minimum atomic E-state index is -3.52. The van der Waals surface area contributed by atoms with E-state index >= 15 is 0 Å². The van der Waals surface area contributed by atoms with E-state index in [4.69, 9.17) is 9.05 Å². The number of hydrogen-bond acceptors (Lipinski definition) is 6. The number of amides is 1. The lowest BCUT2D eigenvalue weighted by atomic mass is 9.78. The first-order chi connectivity index (χ1) is 16.7. The van der Waals surface area contributed by atoms with Crippen molar-refractivity contribution in [2.45, 2.75) is 71.1 Å². The molecule has 196 valence electrons. The second-order valence-corrected chi connectivity index (χ2v) is 14.0. The van der Waals surface area contributed by atoms with E-state index in [0.717, 1.165) is 21.6 Å². The fraction of sp³-hybridized carbons (Fsp3) is 0.464. The number of phenols is 1. The lowest BCUT2D eigenvalue weighted by molar-refractivity contribution is -0.114. The molecular formula is C28H38NO5PS. The predicted octanol–water partition coefficient (Wildman–Crippen LogP) is 7.69. The molecule has 6 nitrogen and oxygen atoms in total. The summed E-state index contributed by atoms with van der Waals surface area (Å²) in [5, 5.41) is 11.1. The number of hydrogen-bond donors (Lipinski definition) is 1. The van der Waals surface area contributed by atoms with Gasteiger partial charge in [0, 0.05) is 16.0 Å². The molecule has 0 atom stereocenters. The van der Waals surface area contributed by atoms with Crippen LogP contribution in [0.2, 0.25) is 0 Å². The summed E-state index contributed by atoms with van der Waals surface area (Å²) in [6.07, 6.45) is 1.69. The van der Waals surface area contributed by atoms with Gasteiger partial charge in [0.2, 0.25) is 0 Å². The SMILES string of the molecule is CCOP(=O)(CN1C(=O)/C(=C/c2cc(C(C)(C)C)c(O)c(C(C)(C)C)c2)Sc2ccccc21)OCC. The average Bonchev–Trinajstić information content (AvgIpc) is 2.76. The molecule has 0 aliphatic carbocycles. The fourth-order valence-corrected chi connectivity index (χ4v) is 6.83. The molecule has 0 aromatic heterocycles. The van der Waals surface area contributed by atoms with Gasteiger partial charge >= 0.3 is 7.60 Å². The van der Waals surface area contributed by atoms with Gasteiger partial charge in [-0.1, -0.05) is 65.4 Å². The Balaban J connectivity index is 2.14. The van der Waals surface area contributed by atoms with Crippen LogP contribution in [-0.4, -0.2) is 30.5 Å². The predicted molar refractivity (Wildman–Crippen MR) is 149 cm³/mol. The first-order valence-corrected chi connectivity index (χ1v) is 14.8. The first-order valence-electron chi connectivity index (χ1n) is 12.3. The molecule has 0 saturated heterocycles. The molecule has 0 spiro atoms. The third kappa shape index (κ3) is 6.25. The molecule has 1 amide bonds. The Morgan fingerprint density at radius 3 is 2.00 bits per heavy atom. The second-order valence-electron chi connectivity index (χ2n) is 10.9. The van der Waals surface area contributed by atoms with Crippen LogP contribution in [0.15, 0.2) is 46.2 Å². The van der Waals surface area contributed by atoms with Gasteiger partial charge in [-0.3, -0.25) is 14.3 Å². The number of benzene rings is 2. The molecule has 8 heteroatoms. The average molecular weight is 532 g/mol. The molecule has 1 aliphatic rings. The molecule has 1 heterocycles. The van der Waals surface area contributed by atoms with E-state index in [1.807, 2.05) is 42.5 Å². The molecule has 1 aliphatic heterocycles. The summed E-state index contributed by atoms with van der Waals surface area (Å²) in [6, 6.07) is 11.4. The highest BCUT2D eigenvalue weighted by atomic mass is 32.2. The van der Waals surface area contributed by atoms with Gasteiger partial charge in [-0.25, -0.2) is 0 Å². The van der Waals surface area contributed by atoms with E-state index in [2.05, 4.69) is 41.5 Å². The molecule has 0 bridgehead atoms. The maximum atomic E-state index is 13.8. The lowest BCUT2D eigenvalue weighted by Gasteiger charge is -2.32. The number of carbonyl (C=O) groups is 1. The molecule has 0 fully saturated rings. The highest BCUT2D eigenvalue weighted by Crippen LogP contribution is 2.52. The number of aromatic hydroxyl groups is 1. The van der Waals surface area contributed by atoms with Crippen LogP contribution >= 0.6 is 19.4 Å². The summed E-state index contributed by atoms with van der Waals surface area (Å²) in [7, 11) is -3.52. The van der Waals surface area contributed by atoms with Crippen LogP contribution < -0.4 is 4.90 Å². The highest BCUT2D eigenvalue weighted by molar-refractivity contribution is 8.04. The van der Waals surface area contributed by atoms with Gasteiger partial charge < -0.3 is 14.2 Å². The minimum absolute atomic E-state index is 0.168. The van der Waals surface area contributed by atoms with Crippen molar-refractivity contribution in [1.82, 2.24) is 0 Å². The third-order valence-electron chi connectivity index (χ3n) is 5.84. The maximum Gasteiger partial charge on any atom is 0.350 e. The third-order valence-corrected chi connectivity index (χ3v) is 8.85. The maximum absolute atomic E-state index is 13.8. The molecule has 0 radical (unpaired) electrons. The van der Waals surface area contributed by atoms with E-state index in [1.54, 1.807) is 13.8 Å². The van der Waals surface area contributed by atoms with E-state index in [0.29, 0.717) is 16.3 Å². The van der Waals surface area contributed by atoms with Gasteiger partial charge in [-0.15, -0.1) is 0 Å². The summed E-state index contributed by atoms with van der Waals surface area (Å²) >= 11 is 1.38. The Morgan fingerprint density at radius 1 is 0.972 bits per heavy atom. The zero-order chi connectivity index (χ0) is 26.9. The quantitative estimate of drug-likeness (QED) is 0.292. The van der Waals surface area contributed by atoms with Gasteiger partial charge in [0.1, 0.15) is 12.0 Å². The molecule has 0 unspecified atom stereocenters. The molecule has 0 saturated carbocycles. The van der Waals surface area contributed by atoms with Crippen LogP contribution in [0.5, 0.6) is 5.75 Å². The van der Waals surface area contributed by atoms with Crippen molar-refractivity contribution < 1.29 is 23.5 Å². The number of fused-ring (bicyclic) bond motifs is 1. The van der Waals surface area contributed by atoms with Gasteiger partial charge in [0.15, 0.2) is 0 Å². The van der Waals surface area contributed by atoms with Crippen LogP contribution in [0, 0.1) is 0 Å². The van der Waals surface area contributed by atoms with E-state index in [-0.39, 0.29) is 36.2 Å². The van der Waals surface area contributed by atoms with E-state index < -0.39 is 7.60 Å². The van der Waals surface area contributed by atoms with E-state index in [1.165, 1.54) is 16.7 Å². The molecule has 2 aromatic rings. The summed E-state index contributed by atoms with van der Waals surface area (Å²) < 4.78 is 24.3. The Labute approximate surface area is 219 Å². The van der Waals surface area contributed by atoms with Crippen molar-refractivity contribution in [3.05, 3.63) is 58.0 Å². The van der Waals surface area contributed by atoms with Gasteiger partial charge in [-0.2, -0.15) is 0 Å². The number of nitrogens with zero attached hydrogens (tertiary/aromatic N) is 1. The first kappa shape index (κ1) is 28.5. The summed E-state index contributed by atoms with van der Waals surface area (Å²) in [5.41, 5.74) is 2.58. The number of phenolic OH excluding ortho intramolecular Hbond substituents is 1. The second kappa shape index (κ2) is 10.7. The van der Waals surface area contributed by atoms with Crippen molar-refractivity contribution in [3.8, 4) is 5.75 Å². The number of para-hydroxylation sites is 1. The molecule has 36 heavy (non-hydrogen) atoms. The Morgan fingerprint density at radius 2 is 1.50 bits per heavy atom. The highest BCUT2D eigenvalue weighted by Gasteiger charge is 2.36. The fourth-order valence-electron chi connectivity index (χ4n) is 4.12. The Hall–Kier alpha value is -2.05. The Bertz CT molecular complexity index is 1160. The molecule has 2 aromatic carbocycles. The normalized spacial score (nSPS) is 15.9. The van der Waals surface area contributed by atoms with Crippen LogP contribution in [0.4, 0.5) is 5.69 Å². The zero-order valence-electron chi connectivity index (χ0n) is 22.5. The van der Waals surface area contributed by atoms with Crippen molar-refractivity contribution >= 4 is 37.0 Å². The minimum Gasteiger partial charge on any atom is -0.507 e. The molecule has 3 rings (SSSR count). The van der Waals surface area contributed by atoms with Crippen LogP contribution in [0.3, 0.4) is 0 Å². The number of anilines is 1. The van der Waals surface area contributed by atoms with Crippen LogP contribution in [0.25, 0.3) is 6.08 Å². The zero-order valence-corrected chi connectivity index (χ0v) is 24.3. The smallest absolute Gasteiger partial charge is 0.350 e. The largest absolute Gasteiger partial charge is 0.507 e. The van der Waals surface area contributed by atoms with Gasteiger partial charge in [0.05, 0.1) is 23.8 Å². The molecule has 1 N–H and O–H groups in total. The van der Waals surface area contributed by atoms with Crippen molar-refractivity contribution in [2.75, 3.05) is 24.4 Å². The van der Waals surface area contributed by atoms with Crippen molar-refractivity contribution in [2.24, 2.45) is 0 Å². The number of thioether (sulfide) groups is 1. The summed E-state index contributed by atoms with van der Waals surface area (Å²) in [5.74, 6) is 0.0298.